The summed E-state index contributed by atoms with van der Waals surface area (Å²) in [6, 6.07) is 1.17. The summed E-state index contributed by atoms with van der Waals surface area (Å²) in [7, 11) is 0. The van der Waals surface area contributed by atoms with Gasteiger partial charge in [-0.2, -0.15) is 0 Å². The second-order valence-electron chi connectivity index (χ2n) is 5.02. The van der Waals surface area contributed by atoms with Crippen LogP contribution in [0.5, 0.6) is 0 Å². The van der Waals surface area contributed by atoms with Crippen molar-refractivity contribution < 1.29 is 0 Å². The van der Waals surface area contributed by atoms with Crippen molar-refractivity contribution in [2.24, 2.45) is 5.92 Å². The van der Waals surface area contributed by atoms with Crippen LogP contribution in [-0.4, -0.2) is 36.6 Å². The van der Waals surface area contributed by atoms with E-state index < -0.39 is 0 Å². The molecule has 88 valence electrons. The van der Waals surface area contributed by atoms with Crippen LogP contribution < -0.4 is 5.32 Å². The molecule has 0 amide bonds. The third-order valence-electron chi connectivity index (χ3n) is 3.38. The van der Waals surface area contributed by atoms with Gasteiger partial charge in [0.1, 0.15) is 0 Å². The van der Waals surface area contributed by atoms with Gasteiger partial charge < -0.3 is 5.32 Å². The second kappa shape index (κ2) is 6.29. The Hall–Kier alpha value is -0.340. The van der Waals surface area contributed by atoms with Crippen LogP contribution in [0.4, 0.5) is 0 Å². The summed E-state index contributed by atoms with van der Waals surface area (Å²) in [6.07, 6.45) is 4.71. The van der Waals surface area contributed by atoms with Crippen molar-refractivity contribution in [1.29, 1.82) is 0 Å². The fraction of sp³-hybridized carbons (Fsp3) is 0.846. The maximum Gasteiger partial charge on any atom is 0.0247 e. The molecule has 1 aliphatic rings. The molecule has 1 rings (SSSR count). The molecule has 1 aliphatic heterocycles. The third-order valence-corrected chi connectivity index (χ3v) is 3.38. The molecule has 0 aliphatic carbocycles. The molecule has 0 saturated carbocycles. The average molecular weight is 210 g/mol. The highest BCUT2D eigenvalue weighted by Gasteiger charge is 2.20. The molecule has 0 aromatic rings. The molecule has 0 radical (unpaired) electrons. The van der Waals surface area contributed by atoms with Crippen LogP contribution in [0.15, 0.2) is 12.7 Å². The lowest BCUT2D eigenvalue weighted by molar-refractivity contribution is 0.160. The summed E-state index contributed by atoms with van der Waals surface area (Å²) in [4.78, 5) is 2.53. The van der Waals surface area contributed by atoms with E-state index in [1.165, 1.54) is 32.5 Å². The number of nitrogens with zero attached hydrogens (tertiary/aromatic N) is 1. The highest BCUT2D eigenvalue weighted by Crippen LogP contribution is 2.18. The maximum absolute atomic E-state index is 3.86. The Morgan fingerprint density at radius 3 is 2.40 bits per heavy atom. The van der Waals surface area contributed by atoms with Gasteiger partial charge in [-0.3, -0.25) is 4.90 Å². The van der Waals surface area contributed by atoms with E-state index in [0.717, 1.165) is 5.92 Å². The van der Waals surface area contributed by atoms with E-state index in [2.05, 4.69) is 37.6 Å². The van der Waals surface area contributed by atoms with Crippen LogP contribution in [-0.2, 0) is 0 Å². The molecule has 0 spiro atoms. The molecular formula is C13H26N2. The zero-order valence-corrected chi connectivity index (χ0v) is 10.5. The van der Waals surface area contributed by atoms with E-state index in [1.54, 1.807) is 0 Å². The van der Waals surface area contributed by atoms with E-state index >= 15 is 0 Å². The fourth-order valence-corrected chi connectivity index (χ4v) is 2.12. The highest BCUT2D eigenvalue weighted by molar-refractivity contribution is 4.87. The molecule has 1 atom stereocenters. The van der Waals surface area contributed by atoms with Gasteiger partial charge in [-0.1, -0.05) is 19.9 Å². The Kier molecular flexibility index (Phi) is 5.34. The summed E-state index contributed by atoms with van der Waals surface area (Å²) < 4.78 is 0. The molecule has 2 heteroatoms. The topological polar surface area (TPSA) is 15.3 Å². The van der Waals surface area contributed by atoms with Gasteiger partial charge in [0.05, 0.1) is 0 Å². The summed E-state index contributed by atoms with van der Waals surface area (Å²) in [5.74, 6) is 0.876. The summed E-state index contributed by atoms with van der Waals surface area (Å²) in [6.45, 7) is 14.2. The lowest BCUT2D eigenvalue weighted by Crippen LogP contribution is -2.41. The van der Waals surface area contributed by atoms with E-state index in [4.69, 9.17) is 0 Å². The molecule has 0 bridgehead atoms. The van der Waals surface area contributed by atoms with Crippen molar-refractivity contribution in [3.63, 3.8) is 0 Å². The summed E-state index contributed by atoms with van der Waals surface area (Å²) in [5, 5.41) is 3.53. The van der Waals surface area contributed by atoms with E-state index in [1.807, 2.05) is 6.08 Å². The van der Waals surface area contributed by atoms with Crippen molar-refractivity contribution >= 4 is 0 Å². The van der Waals surface area contributed by atoms with Gasteiger partial charge in [0, 0.05) is 12.1 Å². The summed E-state index contributed by atoms with van der Waals surface area (Å²) in [5.41, 5.74) is 0. The Labute approximate surface area is 94.7 Å². The van der Waals surface area contributed by atoms with Crippen LogP contribution in [0.3, 0.4) is 0 Å². The largest absolute Gasteiger partial charge is 0.314 e. The zero-order valence-electron chi connectivity index (χ0n) is 10.5. The second-order valence-corrected chi connectivity index (χ2v) is 5.02. The number of piperidine rings is 1. The lowest BCUT2D eigenvalue weighted by Gasteiger charge is -2.35. The standard InChI is InChI=1S/C13H26N2/c1-5-12(4)15-8-6-13(7-9-15)10-14-11(2)3/h5,11-14H,1,6-10H2,2-4H3. The van der Waals surface area contributed by atoms with Crippen molar-refractivity contribution in [2.45, 2.75) is 45.7 Å². The van der Waals surface area contributed by atoms with Crippen molar-refractivity contribution in [3.8, 4) is 0 Å². The fourth-order valence-electron chi connectivity index (χ4n) is 2.12. The normalized spacial score (nSPS) is 21.9. The Balaban J connectivity index is 2.20. The summed E-state index contributed by atoms with van der Waals surface area (Å²) >= 11 is 0. The minimum atomic E-state index is 0.545. The van der Waals surface area contributed by atoms with Gasteiger partial charge in [0.2, 0.25) is 0 Å². The average Bonchev–Trinajstić information content (AvgIpc) is 2.26. The van der Waals surface area contributed by atoms with Crippen molar-refractivity contribution in [3.05, 3.63) is 12.7 Å². The first-order valence-electron chi connectivity index (χ1n) is 6.23. The smallest absolute Gasteiger partial charge is 0.0247 e. The van der Waals surface area contributed by atoms with Gasteiger partial charge >= 0.3 is 0 Å². The van der Waals surface area contributed by atoms with Crippen LogP contribution >= 0.6 is 0 Å². The van der Waals surface area contributed by atoms with E-state index in [9.17, 15) is 0 Å². The predicted octanol–water partition coefficient (Wildman–Crippen LogP) is 2.27. The van der Waals surface area contributed by atoms with E-state index in [0.29, 0.717) is 12.1 Å². The first kappa shape index (κ1) is 12.7. The molecular weight excluding hydrogens is 184 g/mol. The molecule has 1 fully saturated rings. The number of hydrogen-bond acceptors (Lipinski definition) is 2. The first-order chi connectivity index (χ1) is 7.13. The number of hydrogen-bond donors (Lipinski definition) is 1. The monoisotopic (exact) mass is 210 g/mol. The zero-order chi connectivity index (χ0) is 11.3. The number of nitrogens with one attached hydrogen (secondary N) is 1. The van der Waals surface area contributed by atoms with Crippen LogP contribution in [0.1, 0.15) is 33.6 Å². The SMILES string of the molecule is C=CC(C)N1CCC(CNC(C)C)CC1. The molecule has 15 heavy (non-hydrogen) atoms. The van der Waals surface area contributed by atoms with Crippen molar-refractivity contribution in [1.82, 2.24) is 10.2 Å². The van der Waals surface area contributed by atoms with Crippen molar-refractivity contribution in [2.75, 3.05) is 19.6 Å². The van der Waals surface area contributed by atoms with Crippen LogP contribution in [0, 0.1) is 5.92 Å². The van der Waals surface area contributed by atoms with Gasteiger partial charge in [0.15, 0.2) is 0 Å². The highest BCUT2D eigenvalue weighted by atomic mass is 15.2. The Bertz CT molecular complexity index is 181. The molecule has 1 saturated heterocycles. The molecule has 0 aromatic heterocycles. The maximum atomic E-state index is 3.86. The quantitative estimate of drug-likeness (QED) is 0.700. The van der Waals surface area contributed by atoms with Gasteiger partial charge in [-0.15, -0.1) is 6.58 Å². The first-order valence-corrected chi connectivity index (χ1v) is 6.23. The predicted molar refractivity (Wildman–Crippen MR) is 67.1 cm³/mol. The third kappa shape index (κ3) is 4.35. The molecule has 2 nitrogen and oxygen atoms in total. The molecule has 1 heterocycles. The molecule has 0 aromatic carbocycles. The lowest BCUT2D eigenvalue weighted by atomic mass is 9.95. The van der Waals surface area contributed by atoms with Crippen LogP contribution in [0.25, 0.3) is 0 Å². The van der Waals surface area contributed by atoms with E-state index in [-0.39, 0.29) is 0 Å². The minimum Gasteiger partial charge on any atom is -0.314 e. The minimum absolute atomic E-state index is 0.545. The Morgan fingerprint density at radius 1 is 1.33 bits per heavy atom. The van der Waals surface area contributed by atoms with Gasteiger partial charge in [0.25, 0.3) is 0 Å². The molecule has 1 unspecified atom stereocenters. The van der Waals surface area contributed by atoms with Crippen LogP contribution in [0.2, 0.25) is 0 Å². The van der Waals surface area contributed by atoms with Gasteiger partial charge in [-0.25, -0.2) is 0 Å². The Morgan fingerprint density at radius 2 is 1.93 bits per heavy atom. The molecule has 1 N–H and O–H groups in total. The number of rotatable bonds is 5. The van der Waals surface area contributed by atoms with Gasteiger partial charge in [-0.05, 0) is 45.3 Å². The number of likely N-dealkylation sites (tertiary alicyclic amines) is 1.